The van der Waals surface area contributed by atoms with Crippen LogP contribution in [-0.4, -0.2) is 18.4 Å². The van der Waals surface area contributed by atoms with Gasteiger partial charge in [0, 0.05) is 12.8 Å². The van der Waals surface area contributed by atoms with Crippen LogP contribution in [-0.2, 0) is 14.3 Å². The van der Waals surface area contributed by atoms with Crippen molar-refractivity contribution < 1.29 is 14.3 Å². The van der Waals surface area contributed by atoms with E-state index in [0.29, 0.717) is 12.8 Å². The van der Waals surface area contributed by atoms with Gasteiger partial charge < -0.3 is 4.74 Å². The molecular formula is C13H17NO3. The Kier molecular flexibility index (Phi) is 4.89. The van der Waals surface area contributed by atoms with Crippen molar-refractivity contribution in [3.63, 3.8) is 0 Å². The highest BCUT2D eigenvalue weighted by atomic mass is 16.5. The topological polar surface area (TPSA) is 67.2 Å². The first-order valence-corrected chi connectivity index (χ1v) is 5.86. The van der Waals surface area contributed by atoms with Crippen molar-refractivity contribution in [3.8, 4) is 6.07 Å². The predicted molar refractivity (Wildman–Crippen MR) is 61.9 cm³/mol. The zero-order chi connectivity index (χ0) is 12.7. The van der Waals surface area contributed by atoms with Gasteiger partial charge in [-0.2, -0.15) is 5.26 Å². The SMILES string of the molecule is C=CCOC(=O)C1(CCC#N)CCCCC1=O. The molecule has 92 valence electrons. The van der Waals surface area contributed by atoms with Crippen LogP contribution in [0.3, 0.4) is 0 Å². The van der Waals surface area contributed by atoms with Gasteiger partial charge in [0.25, 0.3) is 0 Å². The fourth-order valence-electron chi connectivity index (χ4n) is 2.22. The normalized spacial score (nSPS) is 23.8. The Morgan fingerprint density at radius 1 is 1.59 bits per heavy atom. The summed E-state index contributed by atoms with van der Waals surface area (Å²) in [6.45, 7) is 3.58. The number of Topliss-reactive ketones (excluding diaryl/α,β-unsaturated/α-hetero) is 1. The highest BCUT2D eigenvalue weighted by molar-refractivity contribution is 6.04. The average Bonchev–Trinajstić information content (AvgIpc) is 2.35. The molecule has 1 rings (SSSR count). The van der Waals surface area contributed by atoms with E-state index in [-0.39, 0.29) is 25.2 Å². The second kappa shape index (κ2) is 6.19. The molecule has 0 aromatic carbocycles. The summed E-state index contributed by atoms with van der Waals surface area (Å²) in [5.74, 6) is -0.564. The molecule has 0 amide bonds. The molecule has 1 fully saturated rings. The van der Waals surface area contributed by atoms with E-state index in [9.17, 15) is 9.59 Å². The van der Waals surface area contributed by atoms with Gasteiger partial charge in [-0.3, -0.25) is 9.59 Å². The molecule has 0 aromatic rings. The van der Waals surface area contributed by atoms with E-state index in [1.54, 1.807) is 0 Å². The average molecular weight is 235 g/mol. The Bertz CT molecular complexity index is 356. The Morgan fingerprint density at radius 2 is 2.35 bits per heavy atom. The molecule has 1 aliphatic carbocycles. The van der Waals surface area contributed by atoms with Gasteiger partial charge in [-0.1, -0.05) is 19.1 Å². The summed E-state index contributed by atoms with van der Waals surface area (Å²) < 4.78 is 5.01. The molecule has 1 unspecified atom stereocenters. The third-order valence-corrected chi connectivity index (χ3v) is 3.18. The standard InChI is InChI=1S/C13H17NO3/c1-2-10-17-12(16)13(8-5-9-14)7-4-3-6-11(13)15/h2H,1,3-8,10H2. The first kappa shape index (κ1) is 13.4. The maximum absolute atomic E-state index is 12.0. The van der Waals surface area contributed by atoms with Crippen LogP contribution in [0.2, 0.25) is 0 Å². The number of carbonyl (C=O) groups is 2. The minimum absolute atomic E-state index is 0.0759. The zero-order valence-corrected chi connectivity index (χ0v) is 9.91. The minimum Gasteiger partial charge on any atom is -0.461 e. The number of esters is 1. The number of ether oxygens (including phenoxy) is 1. The van der Waals surface area contributed by atoms with Gasteiger partial charge in [0.05, 0.1) is 6.07 Å². The van der Waals surface area contributed by atoms with Crippen molar-refractivity contribution in [1.29, 1.82) is 5.26 Å². The zero-order valence-electron chi connectivity index (χ0n) is 9.91. The predicted octanol–water partition coefficient (Wildman–Crippen LogP) is 2.15. The lowest BCUT2D eigenvalue weighted by atomic mass is 9.70. The number of hydrogen-bond donors (Lipinski definition) is 0. The Morgan fingerprint density at radius 3 is 2.94 bits per heavy atom. The highest BCUT2D eigenvalue weighted by Crippen LogP contribution is 2.38. The molecule has 0 saturated heterocycles. The summed E-state index contributed by atoms with van der Waals surface area (Å²) >= 11 is 0. The third kappa shape index (κ3) is 2.94. The molecule has 0 spiro atoms. The Hall–Kier alpha value is -1.63. The van der Waals surface area contributed by atoms with Crippen LogP contribution >= 0.6 is 0 Å². The number of nitrogens with zero attached hydrogens (tertiary/aromatic N) is 1. The summed E-state index contributed by atoms with van der Waals surface area (Å²) in [4.78, 5) is 24.0. The van der Waals surface area contributed by atoms with Gasteiger partial charge in [0.1, 0.15) is 17.8 Å². The number of rotatable bonds is 5. The fraction of sp³-hybridized carbons (Fsp3) is 0.615. The molecule has 0 heterocycles. The number of carbonyl (C=O) groups excluding carboxylic acids is 2. The molecule has 1 atom stereocenters. The van der Waals surface area contributed by atoms with Crippen molar-refractivity contribution in [1.82, 2.24) is 0 Å². The number of nitriles is 1. The van der Waals surface area contributed by atoms with E-state index in [2.05, 4.69) is 6.58 Å². The summed E-state index contributed by atoms with van der Waals surface area (Å²) in [5, 5.41) is 8.63. The fourth-order valence-corrected chi connectivity index (χ4v) is 2.22. The molecule has 0 radical (unpaired) electrons. The Labute approximate surface area is 101 Å². The molecule has 1 aliphatic rings. The first-order valence-electron chi connectivity index (χ1n) is 5.86. The van der Waals surface area contributed by atoms with E-state index < -0.39 is 11.4 Å². The lowest BCUT2D eigenvalue weighted by Gasteiger charge is -2.32. The van der Waals surface area contributed by atoms with E-state index in [0.717, 1.165) is 12.8 Å². The van der Waals surface area contributed by atoms with E-state index >= 15 is 0 Å². The summed E-state index contributed by atoms with van der Waals surface area (Å²) in [7, 11) is 0. The molecule has 0 aromatic heterocycles. The molecule has 0 bridgehead atoms. The van der Waals surface area contributed by atoms with Crippen molar-refractivity contribution in [3.05, 3.63) is 12.7 Å². The molecule has 0 aliphatic heterocycles. The summed E-state index contributed by atoms with van der Waals surface area (Å²) in [6.07, 6.45) is 4.52. The van der Waals surface area contributed by atoms with Gasteiger partial charge in [-0.05, 0) is 19.3 Å². The van der Waals surface area contributed by atoms with Gasteiger partial charge >= 0.3 is 5.97 Å². The molecule has 1 saturated carbocycles. The molecule has 0 N–H and O–H groups in total. The molecular weight excluding hydrogens is 218 g/mol. The van der Waals surface area contributed by atoms with E-state index in [4.69, 9.17) is 10.00 Å². The highest BCUT2D eigenvalue weighted by Gasteiger charge is 2.47. The molecule has 17 heavy (non-hydrogen) atoms. The summed E-state index contributed by atoms with van der Waals surface area (Å²) in [6, 6.07) is 1.99. The Balaban J connectivity index is 2.84. The van der Waals surface area contributed by atoms with E-state index in [1.807, 2.05) is 6.07 Å². The van der Waals surface area contributed by atoms with Crippen LogP contribution in [0.5, 0.6) is 0 Å². The monoisotopic (exact) mass is 235 g/mol. The number of ketones is 1. The molecule has 4 heteroatoms. The van der Waals surface area contributed by atoms with Gasteiger partial charge in [0.2, 0.25) is 0 Å². The van der Waals surface area contributed by atoms with Crippen molar-refractivity contribution >= 4 is 11.8 Å². The van der Waals surface area contributed by atoms with Crippen LogP contribution in [0.1, 0.15) is 38.5 Å². The van der Waals surface area contributed by atoms with Crippen LogP contribution in [0, 0.1) is 16.7 Å². The largest absolute Gasteiger partial charge is 0.461 e. The van der Waals surface area contributed by atoms with Crippen molar-refractivity contribution in [2.24, 2.45) is 5.41 Å². The van der Waals surface area contributed by atoms with Crippen LogP contribution in [0.4, 0.5) is 0 Å². The lowest BCUT2D eigenvalue weighted by molar-refractivity contribution is -0.162. The second-order valence-corrected chi connectivity index (χ2v) is 4.26. The van der Waals surface area contributed by atoms with Crippen molar-refractivity contribution in [2.45, 2.75) is 38.5 Å². The number of hydrogen-bond acceptors (Lipinski definition) is 4. The maximum atomic E-state index is 12.0. The maximum Gasteiger partial charge on any atom is 0.319 e. The van der Waals surface area contributed by atoms with Crippen LogP contribution in [0.15, 0.2) is 12.7 Å². The first-order chi connectivity index (χ1) is 8.17. The van der Waals surface area contributed by atoms with E-state index in [1.165, 1.54) is 6.08 Å². The summed E-state index contributed by atoms with van der Waals surface area (Å²) in [5.41, 5.74) is -1.07. The minimum atomic E-state index is -1.07. The molecule has 4 nitrogen and oxygen atoms in total. The van der Waals surface area contributed by atoms with Gasteiger partial charge in [0.15, 0.2) is 0 Å². The quantitative estimate of drug-likeness (QED) is 0.416. The van der Waals surface area contributed by atoms with Crippen LogP contribution < -0.4 is 0 Å². The second-order valence-electron chi connectivity index (χ2n) is 4.26. The van der Waals surface area contributed by atoms with Gasteiger partial charge in [-0.25, -0.2) is 0 Å². The van der Waals surface area contributed by atoms with Gasteiger partial charge in [-0.15, -0.1) is 0 Å². The van der Waals surface area contributed by atoms with Crippen LogP contribution in [0.25, 0.3) is 0 Å². The lowest BCUT2D eigenvalue weighted by Crippen LogP contribution is -2.42. The van der Waals surface area contributed by atoms with Crippen molar-refractivity contribution in [2.75, 3.05) is 6.61 Å². The smallest absolute Gasteiger partial charge is 0.319 e. The third-order valence-electron chi connectivity index (χ3n) is 3.18.